The molecule has 2 N–H and O–H groups in total. The SMILES string of the molecule is CCOC(=O)c1sc(NC(=O)CC2NC(=O)N(Cc3ccccc3Cl)C2=O)nc1C. The van der Waals surface area contributed by atoms with Gasteiger partial charge in [0.05, 0.1) is 25.3 Å². The van der Waals surface area contributed by atoms with Gasteiger partial charge < -0.3 is 15.4 Å². The Morgan fingerprint density at radius 1 is 1.33 bits per heavy atom. The maximum Gasteiger partial charge on any atom is 0.350 e. The predicted molar refractivity (Wildman–Crippen MR) is 110 cm³/mol. The summed E-state index contributed by atoms with van der Waals surface area (Å²) < 4.78 is 4.94. The molecule has 0 spiro atoms. The number of esters is 1. The van der Waals surface area contributed by atoms with Gasteiger partial charge in [-0.1, -0.05) is 41.1 Å². The van der Waals surface area contributed by atoms with Crippen molar-refractivity contribution in [2.45, 2.75) is 32.9 Å². The summed E-state index contributed by atoms with van der Waals surface area (Å²) in [5.41, 5.74) is 1.06. The van der Waals surface area contributed by atoms with Crippen molar-refractivity contribution in [1.82, 2.24) is 15.2 Å². The number of carbonyl (C=O) groups excluding carboxylic acids is 4. The van der Waals surface area contributed by atoms with E-state index in [1.807, 2.05) is 0 Å². The van der Waals surface area contributed by atoms with E-state index in [1.54, 1.807) is 38.1 Å². The molecule has 1 unspecified atom stereocenters. The lowest BCUT2D eigenvalue weighted by Gasteiger charge is -2.14. The quantitative estimate of drug-likeness (QED) is 0.494. The van der Waals surface area contributed by atoms with Crippen molar-refractivity contribution in [3.05, 3.63) is 45.4 Å². The Hall–Kier alpha value is -2.98. The van der Waals surface area contributed by atoms with Gasteiger partial charge in [0, 0.05) is 5.02 Å². The van der Waals surface area contributed by atoms with Crippen LogP contribution < -0.4 is 10.6 Å². The van der Waals surface area contributed by atoms with Gasteiger partial charge >= 0.3 is 12.0 Å². The lowest BCUT2D eigenvalue weighted by molar-refractivity contribution is -0.130. The summed E-state index contributed by atoms with van der Waals surface area (Å²) >= 11 is 7.08. The zero-order valence-corrected chi connectivity index (χ0v) is 17.8. The average molecular weight is 451 g/mol. The van der Waals surface area contributed by atoms with Crippen LogP contribution >= 0.6 is 22.9 Å². The fraction of sp³-hybridized carbons (Fsp3) is 0.316. The van der Waals surface area contributed by atoms with Crippen LogP contribution in [0.2, 0.25) is 5.02 Å². The number of ether oxygens (including phenoxy) is 1. The molecule has 1 atom stereocenters. The largest absolute Gasteiger partial charge is 0.462 e. The standard InChI is InChI=1S/C19H19ClN4O5S/c1-3-29-17(27)15-10(2)21-18(30-15)23-14(25)8-13-16(26)24(19(28)22-13)9-11-6-4-5-7-12(11)20/h4-7,13H,3,8-9H2,1-2H3,(H,22,28)(H,21,23,25). The lowest BCUT2D eigenvalue weighted by Crippen LogP contribution is -2.34. The zero-order valence-electron chi connectivity index (χ0n) is 16.2. The minimum absolute atomic E-state index is 0.0109. The molecule has 1 aliphatic heterocycles. The van der Waals surface area contributed by atoms with Gasteiger partial charge in [-0.3, -0.25) is 14.5 Å². The van der Waals surface area contributed by atoms with E-state index in [9.17, 15) is 19.2 Å². The minimum Gasteiger partial charge on any atom is -0.462 e. The van der Waals surface area contributed by atoms with Crippen LogP contribution in [0.3, 0.4) is 0 Å². The minimum atomic E-state index is -0.995. The highest BCUT2D eigenvalue weighted by Crippen LogP contribution is 2.24. The monoisotopic (exact) mass is 450 g/mol. The first kappa shape index (κ1) is 21.7. The molecule has 9 nitrogen and oxygen atoms in total. The molecule has 4 amide bonds. The molecule has 0 radical (unpaired) electrons. The van der Waals surface area contributed by atoms with Gasteiger partial charge in [-0.05, 0) is 25.5 Å². The third kappa shape index (κ3) is 4.77. The van der Waals surface area contributed by atoms with E-state index in [2.05, 4.69) is 15.6 Å². The first-order valence-electron chi connectivity index (χ1n) is 9.09. The number of halogens is 1. The number of imide groups is 1. The van der Waals surface area contributed by atoms with Crippen LogP contribution in [0.25, 0.3) is 0 Å². The highest BCUT2D eigenvalue weighted by atomic mass is 35.5. The fourth-order valence-electron chi connectivity index (χ4n) is 2.85. The number of nitrogens with one attached hydrogen (secondary N) is 2. The molecule has 1 aromatic carbocycles. The smallest absolute Gasteiger partial charge is 0.350 e. The molecule has 158 valence electrons. The topological polar surface area (TPSA) is 118 Å². The van der Waals surface area contributed by atoms with Crippen LogP contribution in [0, 0.1) is 6.92 Å². The second-order valence-corrected chi connectivity index (χ2v) is 7.83. The molecule has 0 bridgehead atoms. The number of hydrogen-bond donors (Lipinski definition) is 2. The van der Waals surface area contributed by atoms with Gasteiger partial charge in [-0.25, -0.2) is 14.6 Å². The molecular formula is C19H19ClN4O5S. The van der Waals surface area contributed by atoms with E-state index < -0.39 is 29.9 Å². The maximum absolute atomic E-state index is 12.6. The van der Waals surface area contributed by atoms with Crippen LogP contribution in [0.1, 0.15) is 34.3 Å². The van der Waals surface area contributed by atoms with E-state index in [0.717, 1.165) is 16.2 Å². The molecule has 0 saturated carbocycles. The molecule has 1 saturated heterocycles. The number of aryl methyl sites for hydroxylation is 1. The van der Waals surface area contributed by atoms with Crippen LogP contribution in [0.5, 0.6) is 0 Å². The van der Waals surface area contributed by atoms with Crippen LogP contribution in [-0.4, -0.2) is 46.3 Å². The number of aromatic nitrogens is 1. The third-order valence-corrected chi connectivity index (χ3v) is 5.71. The second-order valence-electron chi connectivity index (χ2n) is 6.42. The zero-order chi connectivity index (χ0) is 21.8. The van der Waals surface area contributed by atoms with Crippen molar-refractivity contribution in [3.8, 4) is 0 Å². The van der Waals surface area contributed by atoms with E-state index in [-0.39, 0.29) is 24.7 Å². The molecule has 30 heavy (non-hydrogen) atoms. The van der Waals surface area contributed by atoms with E-state index in [1.165, 1.54) is 0 Å². The highest BCUT2D eigenvalue weighted by molar-refractivity contribution is 7.17. The lowest BCUT2D eigenvalue weighted by atomic mass is 10.1. The Morgan fingerprint density at radius 2 is 2.07 bits per heavy atom. The van der Waals surface area contributed by atoms with Gasteiger partial charge in [0.25, 0.3) is 5.91 Å². The molecule has 0 aliphatic carbocycles. The maximum atomic E-state index is 12.6. The van der Waals surface area contributed by atoms with E-state index in [4.69, 9.17) is 16.3 Å². The Balaban J connectivity index is 1.61. The van der Waals surface area contributed by atoms with Crippen LogP contribution in [0.4, 0.5) is 9.93 Å². The van der Waals surface area contributed by atoms with Crippen molar-refractivity contribution in [2.75, 3.05) is 11.9 Å². The van der Waals surface area contributed by atoms with Crippen LogP contribution in [-0.2, 0) is 20.9 Å². The van der Waals surface area contributed by atoms with Crippen molar-refractivity contribution in [2.24, 2.45) is 0 Å². The summed E-state index contributed by atoms with van der Waals surface area (Å²) in [7, 11) is 0. The van der Waals surface area contributed by atoms with Crippen molar-refractivity contribution in [3.63, 3.8) is 0 Å². The number of anilines is 1. The first-order valence-corrected chi connectivity index (χ1v) is 10.3. The number of benzene rings is 1. The number of amides is 4. The van der Waals surface area contributed by atoms with Gasteiger partial charge in [0.2, 0.25) is 5.91 Å². The number of carbonyl (C=O) groups is 4. The Labute approximate surface area is 181 Å². The van der Waals surface area contributed by atoms with Gasteiger partial charge in [0.15, 0.2) is 5.13 Å². The molecule has 1 fully saturated rings. The molecule has 2 aromatic rings. The van der Waals surface area contributed by atoms with Crippen molar-refractivity contribution >= 4 is 51.9 Å². The van der Waals surface area contributed by atoms with Gasteiger partial charge in [-0.15, -0.1) is 0 Å². The molecule has 1 aliphatic rings. The Bertz CT molecular complexity index is 1010. The summed E-state index contributed by atoms with van der Waals surface area (Å²) in [6.07, 6.45) is -0.267. The number of urea groups is 1. The Morgan fingerprint density at radius 3 is 2.77 bits per heavy atom. The van der Waals surface area contributed by atoms with E-state index in [0.29, 0.717) is 21.2 Å². The predicted octanol–water partition coefficient (Wildman–Crippen LogP) is 2.73. The molecular weight excluding hydrogens is 432 g/mol. The third-order valence-electron chi connectivity index (χ3n) is 4.29. The summed E-state index contributed by atoms with van der Waals surface area (Å²) in [5, 5.41) is 5.71. The molecule has 3 rings (SSSR count). The molecule has 2 heterocycles. The molecule has 11 heteroatoms. The summed E-state index contributed by atoms with van der Waals surface area (Å²) in [6, 6.07) is 5.30. The number of nitrogens with zero attached hydrogens (tertiary/aromatic N) is 2. The Kier molecular flexibility index (Phi) is 6.68. The highest BCUT2D eigenvalue weighted by Gasteiger charge is 2.39. The fourth-order valence-corrected chi connectivity index (χ4v) is 3.93. The van der Waals surface area contributed by atoms with Gasteiger partial charge in [0.1, 0.15) is 10.9 Å². The number of rotatable bonds is 7. The summed E-state index contributed by atoms with van der Waals surface area (Å²) in [5.74, 6) is -1.54. The normalized spacial score (nSPS) is 15.8. The number of thiazole rings is 1. The number of hydrogen-bond acceptors (Lipinski definition) is 7. The van der Waals surface area contributed by atoms with Crippen molar-refractivity contribution in [1.29, 1.82) is 0 Å². The molecule has 1 aromatic heterocycles. The first-order chi connectivity index (χ1) is 14.3. The van der Waals surface area contributed by atoms with Gasteiger partial charge in [-0.2, -0.15) is 0 Å². The average Bonchev–Trinajstić information content (AvgIpc) is 3.17. The summed E-state index contributed by atoms with van der Waals surface area (Å²) in [6.45, 7) is 3.56. The van der Waals surface area contributed by atoms with Crippen LogP contribution in [0.15, 0.2) is 24.3 Å². The van der Waals surface area contributed by atoms with E-state index >= 15 is 0 Å². The second kappa shape index (κ2) is 9.23. The van der Waals surface area contributed by atoms with Crippen molar-refractivity contribution < 1.29 is 23.9 Å². The summed E-state index contributed by atoms with van der Waals surface area (Å²) in [4.78, 5) is 54.4.